The zero-order valence-corrected chi connectivity index (χ0v) is 7.49. The Balaban J connectivity index is 2.48. The SMILES string of the molecule is O=[C]C(CSc1ccncc1)=NO. The van der Waals surface area contributed by atoms with Gasteiger partial charge >= 0.3 is 0 Å². The van der Waals surface area contributed by atoms with Crippen molar-refractivity contribution in [2.75, 3.05) is 5.75 Å². The Labute approximate surface area is 79.7 Å². The lowest BCUT2D eigenvalue weighted by molar-refractivity contribution is 0.319. The summed E-state index contributed by atoms with van der Waals surface area (Å²) in [4.78, 5) is 14.9. The van der Waals surface area contributed by atoms with Gasteiger partial charge in [0.2, 0.25) is 0 Å². The van der Waals surface area contributed by atoms with Gasteiger partial charge in [-0.3, -0.25) is 9.78 Å². The summed E-state index contributed by atoms with van der Waals surface area (Å²) in [5.41, 5.74) is 0.00168. The van der Waals surface area contributed by atoms with Crippen molar-refractivity contribution in [1.29, 1.82) is 0 Å². The third-order valence-corrected chi connectivity index (χ3v) is 2.29. The molecule has 0 aliphatic carbocycles. The molecule has 1 radical (unpaired) electrons. The number of oxime groups is 1. The molecule has 5 heteroatoms. The number of hydrogen-bond donors (Lipinski definition) is 1. The van der Waals surface area contributed by atoms with Gasteiger partial charge < -0.3 is 5.21 Å². The van der Waals surface area contributed by atoms with Gasteiger partial charge in [-0.15, -0.1) is 11.8 Å². The Morgan fingerprint density at radius 3 is 2.85 bits per heavy atom. The number of thioether (sulfide) groups is 1. The largest absolute Gasteiger partial charge is 0.411 e. The second kappa shape index (κ2) is 5.31. The van der Waals surface area contributed by atoms with Crippen LogP contribution >= 0.6 is 11.8 Å². The van der Waals surface area contributed by atoms with Crippen LogP contribution in [0.15, 0.2) is 34.6 Å². The fraction of sp³-hybridized carbons (Fsp3) is 0.125. The normalized spacial score (nSPS) is 11.2. The van der Waals surface area contributed by atoms with E-state index in [0.717, 1.165) is 4.90 Å². The molecule has 0 saturated heterocycles. The monoisotopic (exact) mass is 195 g/mol. The number of aromatic nitrogens is 1. The second-order valence-corrected chi connectivity index (χ2v) is 3.17. The molecule has 1 aromatic heterocycles. The molecule has 0 atom stereocenters. The van der Waals surface area contributed by atoms with Crippen LogP contribution in [0.3, 0.4) is 0 Å². The molecule has 0 saturated carbocycles. The van der Waals surface area contributed by atoms with E-state index in [1.807, 2.05) is 12.1 Å². The van der Waals surface area contributed by atoms with Crippen molar-refractivity contribution in [3.63, 3.8) is 0 Å². The van der Waals surface area contributed by atoms with Crippen LogP contribution in [0.25, 0.3) is 0 Å². The first-order chi connectivity index (χ1) is 6.36. The average Bonchev–Trinajstić information content (AvgIpc) is 2.21. The summed E-state index contributed by atoms with van der Waals surface area (Å²) in [7, 11) is 0. The van der Waals surface area contributed by atoms with Crippen LogP contribution in [0, 0.1) is 0 Å². The maximum atomic E-state index is 10.1. The molecule has 4 nitrogen and oxygen atoms in total. The van der Waals surface area contributed by atoms with Gasteiger partial charge in [-0.05, 0) is 12.1 Å². The molecule has 0 amide bonds. The predicted octanol–water partition coefficient (Wildman–Crippen LogP) is 1.11. The standard InChI is InChI=1S/C8H7N2O2S/c11-5-7(10-12)6-13-8-1-3-9-4-2-8/h1-4,12H,6H2. The minimum atomic E-state index is 0.00168. The van der Waals surface area contributed by atoms with Crippen LogP contribution in [-0.4, -0.2) is 27.9 Å². The van der Waals surface area contributed by atoms with E-state index < -0.39 is 0 Å². The van der Waals surface area contributed by atoms with Crippen molar-refractivity contribution in [2.24, 2.45) is 5.16 Å². The lowest BCUT2D eigenvalue weighted by Crippen LogP contribution is -2.02. The predicted molar refractivity (Wildman–Crippen MR) is 49.9 cm³/mol. The van der Waals surface area contributed by atoms with Crippen molar-refractivity contribution in [3.8, 4) is 0 Å². The fourth-order valence-electron chi connectivity index (χ4n) is 0.665. The molecule has 0 aliphatic heterocycles. The van der Waals surface area contributed by atoms with E-state index in [9.17, 15) is 4.79 Å². The summed E-state index contributed by atoms with van der Waals surface area (Å²) in [5, 5.41) is 11.1. The van der Waals surface area contributed by atoms with Gasteiger partial charge in [0.15, 0.2) is 0 Å². The molecule has 0 aromatic carbocycles. The molecule has 1 heterocycles. The zero-order chi connectivity index (χ0) is 9.52. The van der Waals surface area contributed by atoms with E-state index in [-0.39, 0.29) is 5.71 Å². The van der Waals surface area contributed by atoms with Gasteiger partial charge in [-0.1, -0.05) is 5.16 Å². The molecule has 13 heavy (non-hydrogen) atoms. The molecule has 0 bridgehead atoms. The molecule has 0 unspecified atom stereocenters. The topological polar surface area (TPSA) is 62.5 Å². The smallest absolute Gasteiger partial charge is 0.253 e. The van der Waals surface area contributed by atoms with Crippen molar-refractivity contribution < 1.29 is 10.0 Å². The Kier molecular flexibility index (Phi) is 3.98. The molecule has 1 N–H and O–H groups in total. The van der Waals surface area contributed by atoms with Crippen LogP contribution < -0.4 is 0 Å². The zero-order valence-electron chi connectivity index (χ0n) is 6.67. The van der Waals surface area contributed by atoms with Crippen LogP contribution in [0.4, 0.5) is 0 Å². The highest BCUT2D eigenvalue weighted by molar-refractivity contribution is 8.00. The highest BCUT2D eigenvalue weighted by Crippen LogP contribution is 2.15. The first-order valence-electron chi connectivity index (χ1n) is 3.48. The molecular weight excluding hydrogens is 188 g/mol. The minimum Gasteiger partial charge on any atom is -0.411 e. The molecule has 1 rings (SSSR count). The van der Waals surface area contributed by atoms with Crippen LogP contribution in [0.5, 0.6) is 0 Å². The van der Waals surface area contributed by atoms with E-state index in [2.05, 4.69) is 10.1 Å². The molecule has 0 aliphatic rings. The van der Waals surface area contributed by atoms with E-state index in [1.54, 1.807) is 12.4 Å². The van der Waals surface area contributed by atoms with Crippen molar-refractivity contribution >= 4 is 23.8 Å². The van der Waals surface area contributed by atoms with E-state index in [4.69, 9.17) is 5.21 Å². The lowest BCUT2D eigenvalue weighted by Gasteiger charge is -1.96. The highest BCUT2D eigenvalue weighted by Gasteiger charge is 2.00. The van der Waals surface area contributed by atoms with Gasteiger partial charge in [0.25, 0.3) is 6.29 Å². The van der Waals surface area contributed by atoms with Gasteiger partial charge in [0, 0.05) is 23.0 Å². The number of pyridine rings is 1. The highest BCUT2D eigenvalue weighted by atomic mass is 32.2. The number of rotatable bonds is 4. The maximum absolute atomic E-state index is 10.1. The Bertz CT molecular complexity index is 300. The Morgan fingerprint density at radius 1 is 1.62 bits per heavy atom. The summed E-state index contributed by atoms with van der Waals surface area (Å²) >= 11 is 1.38. The van der Waals surface area contributed by atoms with Gasteiger partial charge in [-0.2, -0.15) is 0 Å². The van der Waals surface area contributed by atoms with Crippen molar-refractivity contribution in [3.05, 3.63) is 24.5 Å². The quantitative estimate of drug-likeness (QED) is 0.338. The van der Waals surface area contributed by atoms with Gasteiger partial charge in [0.05, 0.1) is 0 Å². The number of hydrogen-bond acceptors (Lipinski definition) is 5. The molecule has 1 aromatic rings. The van der Waals surface area contributed by atoms with E-state index >= 15 is 0 Å². The average molecular weight is 195 g/mol. The first kappa shape index (κ1) is 9.73. The van der Waals surface area contributed by atoms with Gasteiger partial charge in [-0.25, -0.2) is 0 Å². The number of nitrogens with zero attached hydrogens (tertiary/aromatic N) is 2. The van der Waals surface area contributed by atoms with Crippen molar-refractivity contribution in [2.45, 2.75) is 4.90 Å². The summed E-state index contributed by atoms with van der Waals surface area (Å²) in [5.74, 6) is 0.310. The molecule has 0 fully saturated rings. The fourth-order valence-corrected chi connectivity index (χ4v) is 1.40. The summed E-state index contributed by atoms with van der Waals surface area (Å²) < 4.78 is 0. The van der Waals surface area contributed by atoms with Crippen LogP contribution in [-0.2, 0) is 4.79 Å². The first-order valence-corrected chi connectivity index (χ1v) is 4.47. The number of carbonyl (C=O) groups excluding carboxylic acids is 1. The maximum Gasteiger partial charge on any atom is 0.253 e. The van der Waals surface area contributed by atoms with Gasteiger partial charge in [0.1, 0.15) is 5.71 Å². The van der Waals surface area contributed by atoms with Crippen LogP contribution in [0.2, 0.25) is 0 Å². The summed E-state index contributed by atoms with van der Waals surface area (Å²) in [6.07, 6.45) is 4.85. The van der Waals surface area contributed by atoms with E-state index in [1.165, 1.54) is 18.0 Å². The lowest BCUT2D eigenvalue weighted by atomic mass is 10.5. The Hall–Kier alpha value is -1.36. The molecular formula is C8H7N2O2S. The minimum absolute atomic E-state index is 0.00168. The molecule has 67 valence electrons. The van der Waals surface area contributed by atoms with Crippen molar-refractivity contribution in [1.82, 2.24) is 4.98 Å². The summed E-state index contributed by atoms with van der Waals surface area (Å²) in [6, 6.07) is 3.62. The molecule has 0 spiro atoms. The van der Waals surface area contributed by atoms with Crippen LogP contribution in [0.1, 0.15) is 0 Å². The third kappa shape index (κ3) is 3.25. The summed E-state index contributed by atoms with van der Waals surface area (Å²) in [6.45, 7) is 0. The Morgan fingerprint density at radius 2 is 2.31 bits per heavy atom. The third-order valence-electron chi connectivity index (χ3n) is 1.26. The van der Waals surface area contributed by atoms with E-state index in [0.29, 0.717) is 5.75 Å². The second-order valence-electron chi connectivity index (χ2n) is 2.12.